The summed E-state index contributed by atoms with van der Waals surface area (Å²) in [4.78, 5) is 11.3. The van der Waals surface area contributed by atoms with E-state index in [1.807, 2.05) is 0 Å². The standard InChI is InChI=1S/C23H39NO3/c1-22(17-13-9-7-11-15-20-25)16-12-8-5-3-2-4-6-10-14-18-23(27)24-19-21-26/h3-6,12-13,16-17,22,25-26H,2,7-11,14-15,18-21H2,1H3,(H,24,27)/b5-3-,6-4-,16-12-,17-13-. The van der Waals surface area contributed by atoms with Gasteiger partial charge < -0.3 is 15.5 Å². The molecule has 0 rings (SSSR count). The predicted molar refractivity (Wildman–Crippen MR) is 114 cm³/mol. The fraction of sp³-hybridized carbons (Fsp3) is 0.609. The number of carbonyl (C=O) groups excluding carboxylic acids is 1. The van der Waals surface area contributed by atoms with Crippen molar-refractivity contribution in [2.45, 2.75) is 64.7 Å². The molecule has 0 spiro atoms. The van der Waals surface area contributed by atoms with Crippen LogP contribution in [0.2, 0.25) is 0 Å². The summed E-state index contributed by atoms with van der Waals surface area (Å²) in [5.74, 6) is 0.473. The maximum Gasteiger partial charge on any atom is 0.220 e. The second-order valence-corrected chi connectivity index (χ2v) is 6.67. The second-order valence-electron chi connectivity index (χ2n) is 6.67. The minimum atomic E-state index is -0.00506. The molecule has 1 amide bonds. The third-order valence-corrected chi connectivity index (χ3v) is 3.99. The molecular weight excluding hydrogens is 338 g/mol. The van der Waals surface area contributed by atoms with Crippen LogP contribution in [0.1, 0.15) is 64.7 Å². The van der Waals surface area contributed by atoms with Gasteiger partial charge in [0.2, 0.25) is 5.91 Å². The van der Waals surface area contributed by atoms with Crippen molar-refractivity contribution in [2.24, 2.45) is 5.92 Å². The third kappa shape index (κ3) is 20.5. The third-order valence-electron chi connectivity index (χ3n) is 3.99. The van der Waals surface area contributed by atoms with Crippen molar-refractivity contribution in [1.82, 2.24) is 5.32 Å². The van der Waals surface area contributed by atoms with Gasteiger partial charge in [0.05, 0.1) is 6.61 Å². The van der Waals surface area contributed by atoms with E-state index in [1.165, 1.54) is 0 Å². The van der Waals surface area contributed by atoms with Crippen molar-refractivity contribution >= 4 is 5.91 Å². The first-order valence-electron chi connectivity index (χ1n) is 10.3. The lowest BCUT2D eigenvalue weighted by Gasteiger charge is -2.00. The van der Waals surface area contributed by atoms with Crippen LogP contribution in [-0.2, 0) is 4.79 Å². The van der Waals surface area contributed by atoms with E-state index >= 15 is 0 Å². The molecule has 4 heteroatoms. The van der Waals surface area contributed by atoms with E-state index in [2.05, 4.69) is 60.8 Å². The SMILES string of the molecule is CC(/C=C\C/C=C\C/C=C\CCCC(=O)NCCO)/C=C\CCCCCO. The van der Waals surface area contributed by atoms with Gasteiger partial charge >= 0.3 is 0 Å². The minimum Gasteiger partial charge on any atom is -0.396 e. The second kappa shape index (κ2) is 20.7. The summed E-state index contributed by atoms with van der Waals surface area (Å²) in [5, 5.41) is 20.0. The fourth-order valence-corrected chi connectivity index (χ4v) is 2.45. The van der Waals surface area contributed by atoms with Gasteiger partial charge in [-0.3, -0.25) is 4.79 Å². The Morgan fingerprint density at radius 3 is 2.22 bits per heavy atom. The fourth-order valence-electron chi connectivity index (χ4n) is 2.45. The Morgan fingerprint density at radius 1 is 0.815 bits per heavy atom. The Labute approximate surface area is 165 Å². The van der Waals surface area contributed by atoms with E-state index in [0.717, 1.165) is 51.4 Å². The van der Waals surface area contributed by atoms with Crippen LogP contribution in [0.4, 0.5) is 0 Å². The van der Waals surface area contributed by atoms with E-state index in [0.29, 0.717) is 25.5 Å². The summed E-state index contributed by atoms with van der Waals surface area (Å²) in [6, 6.07) is 0. The van der Waals surface area contributed by atoms with Crippen LogP contribution in [0, 0.1) is 5.92 Å². The molecule has 0 aliphatic rings. The van der Waals surface area contributed by atoms with Crippen molar-refractivity contribution in [3.8, 4) is 0 Å². The number of nitrogens with one attached hydrogen (secondary N) is 1. The van der Waals surface area contributed by atoms with Gasteiger partial charge in [-0.05, 0) is 50.9 Å². The van der Waals surface area contributed by atoms with Crippen molar-refractivity contribution in [1.29, 1.82) is 0 Å². The lowest BCUT2D eigenvalue weighted by atomic mass is 10.1. The zero-order valence-electron chi connectivity index (χ0n) is 17.0. The summed E-state index contributed by atoms with van der Waals surface area (Å²) < 4.78 is 0. The summed E-state index contributed by atoms with van der Waals surface area (Å²) in [5.41, 5.74) is 0. The normalized spacial score (nSPS) is 13.4. The van der Waals surface area contributed by atoms with Crippen LogP contribution in [0.5, 0.6) is 0 Å². The Balaban J connectivity index is 3.60. The highest BCUT2D eigenvalue weighted by atomic mass is 16.3. The van der Waals surface area contributed by atoms with Crippen LogP contribution >= 0.6 is 0 Å². The molecule has 0 saturated carbocycles. The maximum absolute atomic E-state index is 11.3. The van der Waals surface area contributed by atoms with Crippen LogP contribution in [-0.4, -0.2) is 35.9 Å². The number of hydrogen-bond acceptors (Lipinski definition) is 3. The van der Waals surface area contributed by atoms with Gasteiger partial charge in [-0.25, -0.2) is 0 Å². The summed E-state index contributed by atoms with van der Waals surface area (Å²) >= 11 is 0. The van der Waals surface area contributed by atoms with Crippen molar-refractivity contribution in [2.75, 3.05) is 19.8 Å². The molecular formula is C23H39NO3. The van der Waals surface area contributed by atoms with Crippen LogP contribution in [0.25, 0.3) is 0 Å². The number of carbonyl (C=O) groups is 1. The van der Waals surface area contributed by atoms with Crippen molar-refractivity contribution < 1.29 is 15.0 Å². The average molecular weight is 378 g/mol. The Hall–Kier alpha value is -1.65. The highest BCUT2D eigenvalue weighted by molar-refractivity contribution is 5.75. The number of hydrogen-bond donors (Lipinski definition) is 3. The molecule has 4 nitrogen and oxygen atoms in total. The van der Waals surface area contributed by atoms with E-state index in [-0.39, 0.29) is 12.5 Å². The topological polar surface area (TPSA) is 69.6 Å². The monoisotopic (exact) mass is 377 g/mol. The molecule has 0 aromatic rings. The summed E-state index contributed by atoms with van der Waals surface area (Å²) in [6.45, 7) is 2.83. The number of unbranched alkanes of at least 4 members (excludes halogenated alkanes) is 4. The van der Waals surface area contributed by atoms with Gasteiger partial charge in [0.1, 0.15) is 0 Å². The quantitative estimate of drug-likeness (QED) is 0.259. The number of allylic oxidation sites excluding steroid dienone is 8. The highest BCUT2D eigenvalue weighted by Gasteiger charge is 1.97. The molecule has 154 valence electrons. The molecule has 0 bridgehead atoms. The van der Waals surface area contributed by atoms with E-state index in [9.17, 15) is 4.79 Å². The van der Waals surface area contributed by atoms with Gasteiger partial charge in [0.25, 0.3) is 0 Å². The first-order chi connectivity index (χ1) is 13.2. The molecule has 0 aliphatic heterocycles. The smallest absolute Gasteiger partial charge is 0.220 e. The molecule has 0 aliphatic carbocycles. The molecule has 3 N–H and O–H groups in total. The lowest BCUT2D eigenvalue weighted by molar-refractivity contribution is -0.121. The van der Waals surface area contributed by atoms with E-state index in [4.69, 9.17) is 10.2 Å². The molecule has 27 heavy (non-hydrogen) atoms. The Bertz CT molecular complexity index is 453. The summed E-state index contributed by atoms with van der Waals surface area (Å²) in [6.07, 6.45) is 25.9. The minimum absolute atomic E-state index is 0.00506. The van der Waals surface area contributed by atoms with Crippen LogP contribution in [0.3, 0.4) is 0 Å². The first kappa shape index (κ1) is 25.4. The van der Waals surface area contributed by atoms with Gasteiger partial charge in [-0.2, -0.15) is 0 Å². The molecule has 1 unspecified atom stereocenters. The molecule has 0 radical (unpaired) electrons. The Morgan fingerprint density at radius 2 is 1.48 bits per heavy atom. The van der Waals surface area contributed by atoms with Gasteiger partial charge in [0.15, 0.2) is 0 Å². The molecule has 0 fully saturated rings. The first-order valence-corrected chi connectivity index (χ1v) is 10.3. The van der Waals surface area contributed by atoms with Gasteiger partial charge in [-0.1, -0.05) is 62.0 Å². The number of amides is 1. The van der Waals surface area contributed by atoms with Gasteiger partial charge in [-0.15, -0.1) is 0 Å². The zero-order valence-corrected chi connectivity index (χ0v) is 17.0. The largest absolute Gasteiger partial charge is 0.396 e. The predicted octanol–water partition coefficient (Wildman–Crippen LogP) is 4.46. The molecule has 0 aromatic heterocycles. The van der Waals surface area contributed by atoms with Crippen LogP contribution < -0.4 is 5.32 Å². The van der Waals surface area contributed by atoms with Crippen molar-refractivity contribution in [3.63, 3.8) is 0 Å². The molecule has 0 aromatic carbocycles. The van der Waals surface area contributed by atoms with E-state index in [1.54, 1.807) is 0 Å². The molecule has 0 saturated heterocycles. The maximum atomic E-state index is 11.3. The van der Waals surface area contributed by atoms with E-state index < -0.39 is 0 Å². The summed E-state index contributed by atoms with van der Waals surface area (Å²) in [7, 11) is 0. The van der Waals surface area contributed by atoms with Crippen LogP contribution in [0.15, 0.2) is 48.6 Å². The molecule has 0 heterocycles. The Kier molecular flexibility index (Phi) is 19.4. The number of aliphatic hydroxyl groups is 2. The average Bonchev–Trinajstić information content (AvgIpc) is 2.67. The number of rotatable bonds is 17. The molecule has 1 atom stereocenters. The van der Waals surface area contributed by atoms with Gasteiger partial charge in [0, 0.05) is 19.6 Å². The zero-order chi connectivity index (χ0) is 20.0. The highest BCUT2D eigenvalue weighted by Crippen LogP contribution is 2.05. The lowest BCUT2D eigenvalue weighted by Crippen LogP contribution is -2.25. The van der Waals surface area contributed by atoms with Crippen molar-refractivity contribution in [3.05, 3.63) is 48.6 Å². The number of aliphatic hydroxyl groups excluding tert-OH is 2.